The first-order valence-corrected chi connectivity index (χ1v) is 7.05. The molecule has 0 aliphatic carbocycles. The van der Waals surface area contributed by atoms with Crippen LogP contribution in [0, 0.1) is 5.92 Å². The average molecular weight is 287 g/mol. The highest BCUT2D eigenvalue weighted by Crippen LogP contribution is 2.05. The Kier molecular flexibility index (Phi) is 11.4. The second-order valence-corrected chi connectivity index (χ2v) is 5.14. The lowest BCUT2D eigenvalue weighted by atomic mass is 10.2. The summed E-state index contributed by atoms with van der Waals surface area (Å²) >= 11 is 5.12. The fourth-order valence-corrected chi connectivity index (χ4v) is 1.46. The fourth-order valence-electron chi connectivity index (χ4n) is 1.30. The van der Waals surface area contributed by atoms with Gasteiger partial charge in [0.05, 0.1) is 4.99 Å². The number of hydrogen-bond donors (Lipinski definition) is 1. The van der Waals surface area contributed by atoms with Crippen LogP contribution in [0.2, 0.25) is 0 Å². The van der Waals surface area contributed by atoms with Gasteiger partial charge in [-0.25, -0.2) is 0 Å². The van der Waals surface area contributed by atoms with E-state index >= 15 is 0 Å². The Labute approximate surface area is 120 Å². The van der Waals surface area contributed by atoms with Crippen LogP contribution < -0.4 is 5.32 Å². The SMILES string of the molecule is CC(C)CNC(=S)/C=C/C=C/CCCCC=C(F)F. The van der Waals surface area contributed by atoms with Gasteiger partial charge >= 0.3 is 0 Å². The number of nitrogens with one attached hydrogen (secondary N) is 1. The third-order valence-electron chi connectivity index (χ3n) is 2.30. The molecule has 0 radical (unpaired) electrons. The summed E-state index contributed by atoms with van der Waals surface area (Å²) in [5.74, 6) is 0.574. The van der Waals surface area contributed by atoms with E-state index in [9.17, 15) is 8.78 Å². The van der Waals surface area contributed by atoms with E-state index in [0.717, 1.165) is 36.9 Å². The van der Waals surface area contributed by atoms with E-state index in [4.69, 9.17) is 12.2 Å². The molecule has 0 aromatic carbocycles. The van der Waals surface area contributed by atoms with Gasteiger partial charge in [-0.3, -0.25) is 0 Å². The van der Waals surface area contributed by atoms with Crippen LogP contribution in [0.25, 0.3) is 0 Å². The summed E-state index contributed by atoms with van der Waals surface area (Å²) in [6.45, 7) is 5.14. The van der Waals surface area contributed by atoms with Crippen LogP contribution in [0.1, 0.15) is 39.5 Å². The number of hydrogen-bond acceptors (Lipinski definition) is 1. The maximum absolute atomic E-state index is 11.7. The van der Waals surface area contributed by atoms with Crippen molar-refractivity contribution in [3.05, 3.63) is 36.5 Å². The molecule has 1 nitrogen and oxygen atoms in total. The van der Waals surface area contributed by atoms with Crippen molar-refractivity contribution in [2.45, 2.75) is 39.5 Å². The van der Waals surface area contributed by atoms with Gasteiger partial charge in [0.15, 0.2) is 0 Å². The Morgan fingerprint density at radius 1 is 1.16 bits per heavy atom. The molecule has 0 rings (SSSR count). The predicted octanol–water partition coefficient (Wildman–Crippen LogP) is 5.01. The Morgan fingerprint density at radius 2 is 1.84 bits per heavy atom. The van der Waals surface area contributed by atoms with E-state index in [2.05, 4.69) is 19.2 Å². The first kappa shape index (κ1) is 18.0. The minimum Gasteiger partial charge on any atom is -0.376 e. The Bertz CT molecular complexity index is 329. The highest BCUT2D eigenvalue weighted by Gasteiger charge is 1.93. The van der Waals surface area contributed by atoms with Crippen LogP contribution in [0.5, 0.6) is 0 Å². The van der Waals surface area contributed by atoms with Crippen molar-refractivity contribution in [3.63, 3.8) is 0 Å². The quantitative estimate of drug-likeness (QED) is 0.277. The second-order valence-electron chi connectivity index (χ2n) is 4.70. The van der Waals surface area contributed by atoms with Gasteiger partial charge in [0, 0.05) is 6.54 Å². The summed E-state index contributed by atoms with van der Waals surface area (Å²) in [6.07, 6.45) is 10.2. The molecule has 0 spiro atoms. The highest BCUT2D eigenvalue weighted by atomic mass is 32.1. The summed E-state index contributed by atoms with van der Waals surface area (Å²) in [5.41, 5.74) is 0. The van der Waals surface area contributed by atoms with Gasteiger partial charge in [0.1, 0.15) is 0 Å². The smallest absolute Gasteiger partial charge is 0.266 e. The van der Waals surface area contributed by atoms with Crippen molar-refractivity contribution in [1.29, 1.82) is 0 Å². The Balaban J connectivity index is 3.56. The molecule has 0 aliphatic rings. The molecule has 0 saturated heterocycles. The molecule has 0 unspecified atom stereocenters. The van der Waals surface area contributed by atoms with E-state index < -0.39 is 6.08 Å². The van der Waals surface area contributed by atoms with Gasteiger partial charge in [0.25, 0.3) is 6.08 Å². The van der Waals surface area contributed by atoms with Crippen molar-refractivity contribution in [3.8, 4) is 0 Å². The highest BCUT2D eigenvalue weighted by molar-refractivity contribution is 7.80. The third-order valence-corrected chi connectivity index (χ3v) is 2.58. The summed E-state index contributed by atoms with van der Waals surface area (Å²) in [4.78, 5) is 0.738. The summed E-state index contributed by atoms with van der Waals surface area (Å²) in [7, 11) is 0. The van der Waals surface area contributed by atoms with E-state index in [1.54, 1.807) is 0 Å². The normalized spacial score (nSPS) is 11.4. The molecule has 0 aliphatic heterocycles. The summed E-state index contributed by atoms with van der Waals surface area (Å²) < 4.78 is 23.4. The minimum absolute atomic E-state index is 0.454. The van der Waals surface area contributed by atoms with Crippen molar-refractivity contribution >= 4 is 17.2 Å². The zero-order chi connectivity index (χ0) is 14.5. The molecule has 0 atom stereocenters. The van der Waals surface area contributed by atoms with E-state index in [-0.39, 0.29) is 0 Å². The molecule has 0 heterocycles. The van der Waals surface area contributed by atoms with Crippen molar-refractivity contribution < 1.29 is 8.78 Å². The average Bonchev–Trinajstić information content (AvgIpc) is 2.34. The molecule has 0 aromatic heterocycles. The zero-order valence-electron chi connectivity index (χ0n) is 11.7. The molecule has 0 amide bonds. The zero-order valence-corrected chi connectivity index (χ0v) is 12.5. The van der Waals surface area contributed by atoms with Crippen LogP contribution in [0.15, 0.2) is 36.5 Å². The van der Waals surface area contributed by atoms with Crippen LogP contribution in [-0.4, -0.2) is 11.5 Å². The molecule has 0 bridgehead atoms. The second kappa shape index (κ2) is 12.0. The molecule has 4 heteroatoms. The topological polar surface area (TPSA) is 12.0 Å². The van der Waals surface area contributed by atoms with Gasteiger partial charge in [-0.15, -0.1) is 0 Å². The van der Waals surface area contributed by atoms with Gasteiger partial charge in [-0.1, -0.05) is 44.3 Å². The van der Waals surface area contributed by atoms with Crippen LogP contribution >= 0.6 is 12.2 Å². The first-order valence-electron chi connectivity index (χ1n) is 6.64. The van der Waals surface area contributed by atoms with Crippen LogP contribution in [0.4, 0.5) is 8.78 Å². The maximum atomic E-state index is 11.7. The van der Waals surface area contributed by atoms with Crippen molar-refractivity contribution in [2.24, 2.45) is 5.92 Å². The number of thiocarbonyl (C=S) groups is 1. The lowest BCUT2D eigenvalue weighted by molar-refractivity contribution is 0.416. The molecule has 19 heavy (non-hydrogen) atoms. The fraction of sp³-hybridized carbons (Fsp3) is 0.533. The van der Waals surface area contributed by atoms with E-state index in [1.165, 1.54) is 0 Å². The predicted molar refractivity (Wildman–Crippen MR) is 82.5 cm³/mol. The number of unbranched alkanes of at least 4 members (excludes halogenated alkanes) is 3. The van der Waals surface area contributed by atoms with Crippen molar-refractivity contribution in [2.75, 3.05) is 6.54 Å². The molecular formula is C15H23F2NS. The number of allylic oxidation sites excluding steroid dienone is 4. The van der Waals surface area contributed by atoms with Gasteiger partial charge in [0.2, 0.25) is 0 Å². The molecule has 1 N–H and O–H groups in total. The molecule has 0 saturated carbocycles. The van der Waals surface area contributed by atoms with Crippen LogP contribution in [-0.2, 0) is 0 Å². The lowest BCUT2D eigenvalue weighted by Gasteiger charge is -2.06. The largest absolute Gasteiger partial charge is 0.376 e. The first-order chi connectivity index (χ1) is 9.02. The summed E-state index contributed by atoms with van der Waals surface area (Å²) in [5, 5.41) is 3.14. The molecule has 108 valence electrons. The van der Waals surface area contributed by atoms with Gasteiger partial charge in [-0.05, 0) is 43.8 Å². The van der Waals surface area contributed by atoms with Gasteiger partial charge < -0.3 is 5.32 Å². The van der Waals surface area contributed by atoms with E-state index in [0.29, 0.717) is 12.3 Å². The summed E-state index contributed by atoms with van der Waals surface area (Å²) in [6, 6.07) is 0. The number of halogens is 2. The Morgan fingerprint density at radius 3 is 2.47 bits per heavy atom. The third kappa shape index (κ3) is 14.9. The minimum atomic E-state index is -1.58. The lowest BCUT2D eigenvalue weighted by Crippen LogP contribution is -2.23. The standard InChI is InChI=1S/C15H23F2NS/c1-13(2)12-18-15(19)11-9-7-5-3-4-6-8-10-14(16)17/h5,7,9-11,13H,3-4,6,8,12H2,1-2H3,(H,18,19)/b7-5+,11-9+. The van der Waals surface area contributed by atoms with Crippen LogP contribution in [0.3, 0.4) is 0 Å². The molecule has 0 fully saturated rings. The maximum Gasteiger partial charge on any atom is 0.266 e. The van der Waals surface area contributed by atoms with Gasteiger partial charge in [-0.2, -0.15) is 8.78 Å². The van der Waals surface area contributed by atoms with E-state index in [1.807, 2.05) is 24.3 Å². The Hall–Kier alpha value is -1.03. The molecular weight excluding hydrogens is 264 g/mol. The van der Waals surface area contributed by atoms with Crippen molar-refractivity contribution in [1.82, 2.24) is 5.32 Å². The number of rotatable bonds is 9. The molecule has 0 aromatic rings. The monoisotopic (exact) mass is 287 g/mol.